The fourth-order valence-corrected chi connectivity index (χ4v) is 4.42. The molecule has 2 aromatic rings. The molecule has 122 valence electrons. The van der Waals surface area contributed by atoms with Crippen LogP contribution >= 0.6 is 0 Å². The number of nitrogens with zero attached hydrogens (tertiary/aromatic N) is 4. The molecule has 23 heavy (non-hydrogen) atoms. The Labute approximate surface area is 137 Å². The van der Waals surface area contributed by atoms with Crippen molar-refractivity contribution in [2.24, 2.45) is 11.8 Å². The van der Waals surface area contributed by atoms with Gasteiger partial charge in [-0.3, -0.25) is 9.88 Å². The van der Waals surface area contributed by atoms with Crippen molar-refractivity contribution in [3.8, 4) is 0 Å². The third-order valence-electron chi connectivity index (χ3n) is 5.53. The van der Waals surface area contributed by atoms with Gasteiger partial charge in [0.05, 0.1) is 12.1 Å². The first-order valence-electron chi connectivity index (χ1n) is 8.49. The van der Waals surface area contributed by atoms with E-state index < -0.39 is 0 Å². The fourth-order valence-electron chi connectivity index (χ4n) is 4.42. The van der Waals surface area contributed by atoms with Gasteiger partial charge in [0.1, 0.15) is 5.82 Å². The largest absolute Gasteiger partial charge is 0.391 e. The van der Waals surface area contributed by atoms with E-state index in [9.17, 15) is 5.11 Å². The molecule has 0 unspecified atom stereocenters. The van der Waals surface area contributed by atoms with Gasteiger partial charge >= 0.3 is 0 Å². The molecule has 0 radical (unpaired) electrons. The van der Waals surface area contributed by atoms with E-state index in [4.69, 9.17) is 0 Å². The Morgan fingerprint density at radius 3 is 2.74 bits per heavy atom. The Morgan fingerprint density at radius 2 is 2.04 bits per heavy atom. The molecule has 3 heterocycles. The third kappa shape index (κ3) is 2.91. The summed E-state index contributed by atoms with van der Waals surface area (Å²) in [5.74, 6) is 2.28. The van der Waals surface area contributed by atoms with Crippen molar-refractivity contribution in [2.75, 3.05) is 13.1 Å². The highest BCUT2D eigenvalue weighted by Crippen LogP contribution is 2.41. The minimum Gasteiger partial charge on any atom is -0.391 e. The van der Waals surface area contributed by atoms with Gasteiger partial charge < -0.3 is 9.67 Å². The van der Waals surface area contributed by atoms with E-state index in [0.29, 0.717) is 11.8 Å². The number of pyridine rings is 1. The molecular formula is C18H24N4O. The number of aliphatic hydroxyl groups is 1. The van der Waals surface area contributed by atoms with E-state index in [0.717, 1.165) is 38.3 Å². The van der Waals surface area contributed by atoms with Gasteiger partial charge in [-0.25, -0.2) is 4.98 Å². The van der Waals surface area contributed by atoms with Gasteiger partial charge in [0, 0.05) is 44.4 Å². The number of aliphatic hydroxyl groups excluding tert-OH is 1. The lowest BCUT2D eigenvalue weighted by Crippen LogP contribution is -2.36. The second kappa shape index (κ2) is 6.06. The number of aromatic nitrogens is 3. The number of hydrogen-bond donors (Lipinski definition) is 1. The Hall–Kier alpha value is -1.72. The standard InChI is InChI=1S/C18H24N4O/c1-13-20-5-6-22(13)17-7-15-11-21(12-16(15)8-18(17)23)10-14-3-2-4-19-9-14/h2-6,9,15-18,23H,7-8,10-12H2,1H3/t15-,16+,17-,18-/m0/s1. The number of fused-ring (bicyclic) bond motifs is 1. The molecule has 0 bridgehead atoms. The molecule has 0 amide bonds. The Kier molecular flexibility index (Phi) is 3.91. The summed E-state index contributed by atoms with van der Waals surface area (Å²) in [6, 6.07) is 4.32. The second-order valence-electron chi connectivity index (χ2n) is 7.06. The van der Waals surface area contributed by atoms with Crippen LogP contribution in [-0.2, 0) is 6.54 Å². The molecule has 2 aromatic heterocycles. The van der Waals surface area contributed by atoms with Crippen LogP contribution in [0.2, 0.25) is 0 Å². The predicted molar refractivity (Wildman–Crippen MR) is 87.7 cm³/mol. The first-order chi connectivity index (χ1) is 11.2. The zero-order valence-corrected chi connectivity index (χ0v) is 13.5. The number of imidazole rings is 1. The lowest BCUT2D eigenvalue weighted by atomic mass is 9.77. The van der Waals surface area contributed by atoms with Gasteiger partial charge in [0.25, 0.3) is 0 Å². The van der Waals surface area contributed by atoms with E-state index in [2.05, 4.69) is 25.5 Å². The number of hydrogen-bond acceptors (Lipinski definition) is 4. The van der Waals surface area contributed by atoms with E-state index in [1.165, 1.54) is 5.56 Å². The summed E-state index contributed by atoms with van der Waals surface area (Å²) >= 11 is 0. The zero-order chi connectivity index (χ0) is 15.8. The molecule has 2 fully saturated rings. The molecule has 1 saturated heterocycles. The van der Waals surface area contributed by atoms with Gasteiger partial charge in [-0.1, -0.05) is 6.07 Å². The molecule has 0 aromatic carbocycles. The quantitative estimate of drug-likeness (QED) is 0.942. The lowest BCUT2D eigenvalue weighted by molar-refractivity contribution is 0.0349. The van der Waals surface area contributed by atoms with E-state index in [1.807, 2.05) is 37.8 Å². The number of aryl methyl sites for hydroxylation is 1. The van der Waals surface area contributed by atoms with Gasteiger partial charge in [-0.15, -0.1) is 0 Å². The second-order valence-corrected chi connectivity index (χ2v) is 7.06. The first kappa shape index (κ1) is 14.8. The smallest absolute Gasteiger partial charge is 0.105 e. The summed E-state index contributed by atoms with van der Waals surface area (Å²) in [6.07, 6.45) is 9.30. The molecule has 4 atom stereocenters. The molecule has 5 heteroatoms. The van der Waals surface area contributed by atoms with Crippen LogP contribution in [-0.4, -0.2) is 43.7 Å². The molecular weight excluding hydrogens is 288 g/mol. The Bertz CT molecular complexity index is 656. The number of likely N-dealkylation sites (tertiary alicyclic amines) is 1. The van der Waals surface area contributed by atoms with Crippen LogP contribution in [0.3, 0.4) is 0 Å². The molecule has 0 spiro atoms. The molecule has 1 saturated carbocycles. The minimum absolute atomic E-state index is 0.178. The SMILES string of the molecule is Cc1nccn1[C@H]1C[C@H]2CN(Cc3cccnc3)C[C@H]2C[C@@H]1O. The Balaban J connectivity index is 1.45. The monoisotopic (exact) mass is 312 g/mol. The predicted octanol–water partition coefficient (Wildman–Crippen LogP) is 2.03. The molecule has 5 nitrogen and oxygen atoms in total. The molecule has 1 N–H and O–H groups in total. The van der Waals surface area contributed by atoms with E-state index in [1.54, 1.807) is 0 Å². The van der Waals surface area contributed by atoms with Crippen molar-refractivity contribution in [3.05, 3.63) is 48.3 Å². The van der Waals surface area contributed by atoms with Gasteiger partial charge in [-0.2, -0.15) is 0 Å². The summed E-state index contributed by atoms with van der Waals surface area (Å²) in [6.45, 7) is 5.19. The normalized spacial score (nSPS) is 31.2. The van der Waals surface area contributed by atoms with Crippen molar-refractivity contribution in [1.29, 1.82) is 0 Å². The van der Waals surface area contributed by atoms with Gasteiger partial charge in [0.15, 0.2) is 0 Å². The number of rotatable bonds is 3. The van der Waals surface area contributed by atoms with Crippen molar-refractivity contribution >= 4 is 0 Å². The van der Waals surface area contributed by atoms with Crippen LogP contribution in [0.25, 0.3) is 0 Å². The lowest BCUT2D eigenvalue weighted by Gasteiger charge is -2.36. The third-order valence-corrected chi connectivity index (χ3v) is 5.53. The summed E-state index contributed by atoms with van der Waals surface area (Å²) in [7, 11) is 0. The van der Waals surface area contributed by atoms with Crippen molar-refractivity contribution in [1.82, 2.24) is 19.4 Å². The zero-order valence-electron chi connectivity index (χ0n) is 13.5. The maximum absolute atomic E-state index is 10.6. The van der Waals surface area contributed by atoms with Gasteiger partial charge in [0.2, 0.25) is 0 Å². The summed E-state index contributed by atoms with van der Waals surface area (Å²) in [5, 5.41) is 10.6. The minimum atomic E-state index is -0.262. The Morgan fingerprint density at radius 1 is 1.22 bits per heavy atom. The van der Waals surface area contributed by atoms with Crippen molar-refractivity contribution < 1.29 is 5.11 Å². The van der Waals surface area contributed by atoms with Crippen LogP contribution in [0, 0.1) is 18.8 Å². The van der Waals surface area contributed by atoms with Gasteiger partial charge in [-0.05, 0) is 43.2 Å². The van der Waals surface area contributed by atoms with E-state index in [-0.39, 0.29) is 12.1 Å². The molecule has 1 aliphatic heterocycles. The van der Waals surface area contributed by atoms with E-state index >= 15 is 0 Å². The topological polar surface area (TPSA) is 54.2 Å². The molecule has 2 aliphatic rings. The van der Waals surface area contributed by atoms with Crippen molar-refractivity contribution in [3.63, 3.8) is 0 Å². The van der Waals surface area contributed by atoms with Crippen LogP contribution < -0.4 is 0 Å². The van der Waals surface area contributed by atoms with Crippen molar-refractivity contribution in [2.45, 2.75) is 38.5 Å². The summed E-state index contributed by atoms with van der Waals surface area (Å²) in [4.78, 5) is 11.0. The van der Waals surface area contributed by atoms with Crippen LogP contribution in [0.4, 0.5) is 0 Å². The molecule has 1 aliphatic carbocycles. The maximum atomic E-state index is 10.6. The summed E-state index contributed by atoms with van der Waals surface area (Å²) < 4.78 is 2.16. The summed E-state index contributed by atoms with van der Waals surface area (Å²) in [5.41, 5.74) is 1.27. The highest BCUT2D eigenvalue weighted by atomic mass is 16.3. The fraction of sp³-hybridized carbons (Fsp3) is 0.556. The first-order valence-corrected chi connectivity index (χ1v) is 8.49. The average molecular weight is 312 g/mol. The molecule has 4 rings (SSSR count). The van der Waals surface area contributed by atoms with Crippen LogP contribution in [0.5, 0.6) is 0 Å². The van der Waals surface area contributed by atoms with Crippen LogP contribution in [0.1, 0.15) is 30.3 Å². The average Bonchev–Trinajstić information content (AvgIpc) is 3.12. The highest BCUT2D eigenvalue weighted by molar-refractivity contribution is 5.09. The highest BCUT2D eigenvalue weighted by Gasteiger charge is 2.42. The maximum Gasteiger partial charge on any atom is 0.105 e. The van der Waals surface area contributed by atoms with Crippen LogP contribution in [0.15, 0.2) is 36.9 Å².